The molecular weight excluding hydrogens is 430 g/mol. The van der Waals surface area contributed by atoms with Crippen molar-refractivity contribution in [2.24, 2.45) is 0 Å². The lowest BCUT2D eigenvalue weighted by molar-refractivity contribution is 0.0383. The van der Waals surface area contributed by atoms with Crippen LogP contribution in [0.5, 0.6) is 0 Å². The Kier molecular flexibility index (Phi) is 6.79. The van der Waals surface area contributed by atoms with Crippen LogP contribution in [0.25, 0.3) is 16.7 Å². The first-order chi connectivity index (χ1) is 15.3. The largest absolute Gasteiger partial charge is 0.379 e. The van der Waals surface area contributed by atoms with Crippen LogP contribution in [0.4, 0.5) is 11.5 Å². The number of para-hydroxylation sites is 2. The van der Waals surface area contributed by atoms with Crippen molar-refractivity contribution in [2.45, 2.75) is 0 Å². The molecule has 3 heterocycles. The Bertz CT molecular complexity index is 1220. The normalized spacial score (nSPS) is 14.2. The second-order valence-corrected chi connectivity index (χ2v) is 7.39. The van der Waals surface area contributed by atoms with Crippen LogP contribution in [0, 0.1) is 0 Å². The maximum atomic E-state index is 12.6. The van der Waals surface area contributed by atoms with Crippen LogP contribution >= 0.6 is 12.4 Å². The lowest BCUT2D eigenvalue weighted by Gasteiger charge is -2.26. The van der Waals surface area contributed by atoms with Gasteiger partial charge in [0.15, 0.2) is 5.82 Å². The maximum absolute atomic E-state index is 12.6. The second kappa shape index (κ2) is 9.90. The first-order valence-corrected chi connectivity index (χ1v) is 10.3. The molecule has 1 amide bonds. The van der Waals surface area contributed by atoms with Crippen LogP contribution in [0.15, 0.2) is 54.9 Å². The number of carbonyl (C=O) groups is 1. The first-order valence-electron chi connectivity index (χ1n) is 10.3. The molecule has 2 N–H and O–H groups in total. The number of hydrogen-bond acceptors (Lipinski definition) is 7. The zero-order chi connectivity index (χ0) is 21.0. The molecule has 1 fully saturated rings. The van der Waals surface area contributed by atoms with Gasteiger partial charge in [-0.15, -0.1) is 22.6 Å². The molecule has 5 rings (SSSR count). The van der Waals surface area contributed by atoms with E-state index in [1.807, 2.05) is 46.9 Å². The molecule has 0 saturated carbocycles. The Morgan fingerprint density at radius 3 is 2.81 bits per heavy atom. The molecule has 9 nitrogen and oxygen atoms in total. The summed E-state index contributed by atoms with van der Waals surface area (Å²) in [5, 5.41) is 14.5. The van der Waals surface area contributed by atoms with Crippen LogP contribution < -0.4 is 10.6 Å². The van der Waals surface area contributed by atoms with Gasteiger partial charge >= 0.3 is 0 Å². The van der Waals surface area contributed by atoms with Crippen molar-refractivity contribution in [3.8, 4) is 0 Å². The van der Waals surface area contributed by atoms with Gasteiger partial charge in [0.05, 0.1) is 24.2 Å². The minimum atomic E-state index is -0.101. The van der Waals surface area contributed by atoms with E-state index < -0.39 is 0 Å². The number of nitrogens with one attached hydrogen (secondary N) is 2. The number of aromatic nitrogens is 4. The minimum Gasteiger partial charge on any atom is -0.379 e. The van der Waals surface area contributed by atoms with Gasteiger partial charge in [0.25, 0.3) is 5.91 Å². The fraction of sp³-hybridized carbons (Fsp3) is 0.273. The second-order valence-electron chi connectivity index (χ2n) is 7.39. The van der Waals surface area contributed by atoms with Gasteiger partial charge in [0, 0.05) is 37.4 Å². The standard InChI is InChI=1S/C22H23N7O2.ClH/c30-22(23-8-9-28-10-12-31-13-11-28)16-4-3-5-17(14-16)25-20-21-27-24-15-29(21)19-7-2-1-6-18(19)26-20;/h1-7,14-15H,8-13H2,(H,23,30)(H,25,26);1H. The zero-order valence-electron chi connectivity index (χ0n) is 17.4. The predicted octanol–water partition coefficient (Wildman–Crippen LogP) is 2.50. The third-order valence-electron chi connectivity index (χ3n) is 5.34. The van der Waals surface area contributed by atoms with Gasteiger partial charge < -0.3 is 15.4 Å². The van der Waals surface area contributed by atoms with Crippen molar-refractivity contribution in [1.82, 2.24) is 29.8 Å². The molecule has 1 aliphatic heterocycles. The number of morpholine rings is 1. The topological polar surface area (TPSA) is 96.7 Å². The van der Waals surface area contributed by atoms with Crippen molar-refractivity contribution in [1.29, 1.82) is 0 Å². The molecule has 166 valence electrons. The number of rotatable bonds is 6. The summed E-state index contributed by atoms with van der Waals surface area (Å²) in [5.41, 5.74) is 3.73. The Hall–Kier alpha value is -3.27. The number of carbonyl (C=O) groups excluding carboxylic acids is 1. The summed E-state index contributed by atoms with van der Waals surface area (Å²) in [7, 11) is 0. The van der Waals surface area contributed by atoms with Gasteiger partial charge in [-0.1, -0.05) is 18.2 Å². The SMILES string of the molecule is Cl.O=C(NCCN1CCOCC1)c1cccc(Nc2nc3ccccc3n3cnnc23)c1. The third kappa shape index (κ3) is 4.64. The number of halogens is 1. The molecule has 10 heteroatoms. The van der Waals surface area contributed by atoms with E-state index in [4.69, 9.17) is 9.72 Å². The van der Waals surface area contributed by atoms with Gasteiger partial charge in [-0.05, 0) is 30.3 Å². The van der Waals surface area contributed by atoms with Gasteiger partial charge in [0.2, 0.25) is 5.65 Å². The number of fused-ring (bicyclic) bond motifs is 3. The molecule has 0 unspecified atom stereocenters. The highest BCUT2D eigenvalue weighted by Crippen LogP contribution is 2.23. The summed E-state index contributed by atoms with van der Waals surface area (Å²) >= 11 is 0. The molecule has 0 atom stereocenters. The molecule has 2 aromatic heterocycles. The average Bonchev–Trinajstić information content (AvgIpc) is 3.31. The summed E-state index contributed by atoms with van der Waals surface area (Å²) in [6, 6.07) is 15.2. The van der Waals surface area contributed by atoms with Crippen LogP contribution in [0.1, 0.15) is 10.4 Å². The highest BCUT2D eigenvalue weighted by atomic mass is 35.5. The Morgan fingerprint density at radius 2 is 1.94 bits per heavy atom. The van der Waals surface area contributed by atoms with E-state index in [-0.39, 0.29) is 18.3 Å². The molecule has 32 heavy (non-hydrogen) atoms. The quantitative estimate of drug-likeness (QED) is 0.463. The van der Waals surface area contributed by atoms with Gasteiger partial charge in [-0.3, -0.25) is 14.1 Å². The molecule has 0 bridgehead atoms. The van der Waals surface area contributed by atoms with Crippen LogP contribution in [-0.4, -0.2) is 69.8 Å². The van der Waals surface area contributed by atoms with Gasteiger partial charge in [-0.2, -0.15) is 0 Å². The highest BCUT2D eigenvalue weighted by Gasteiger charge is 2.13. The van der Waals surface area contributed by atoms with Crippen molar-refractivity contribution in [3.63, 3.8) is 0 Å². The van der Waals surface area contributed by atoms with Crippen molar-refractivity contribution < 1.29 is 9.53 Å². The lowest BCUT2D eigenvalue weighted by atomic mass is 10.2. The van der Waals surface area contributed by atoms with E-state index >= 15 is 0 Å². The Labute approximate surface area is 191 Å². The van der Waals surface area contributed by atoms with Gasteiger partial charge in [0.1, 0.15) is 6.33 Å². The van der Waals surface area contributed by atoms with E-state index in [1.54, 1.807) is 12.4 Å². The molecule has 1 saturated heterocycles. The van der Waals surface area contributed by atoms with E-state index in [0.717, 1.165) is 49.6 Å². The van der Waals surface area contributed by atoms with E-state index in [1.165, 1.54) is 0 Å². The van der Waals surface area contributed by atoms with Crippen LogP contribution in [-0.2, 0) is 4.74 Å². The summed E-state index contributed by atoms with van der Waals surface area (Å²) < 4.78 is 7.25. The van der Waals surface area contributed by atoms with E-state index in [9.17, 15) is 4.79 Å². The van der Waals surface area contributed by atoms with Crippen molar-refractivity contribution >= 4 is 46.5 Å². The fourth-order valence-corrected chi connectivity index (χ4v) is 3.72. The van der Waals surface area contributed by atoms with Crippen LogP contribution in [0.2, 0.25) is 0 Å². The number of ether oxygens (including phenoxy) is 1. The highest BCUT2D eigenvalue weighted by molar-refractivity contribution is 5.95. The number of benzene rings is 2. The molecule has 0 radical (unpaired) electrons. The summed E-state index contributed by atoms with van der Waals surface area (Å²) in [4.78, 5) is 19.6. The lowest BCUT2D eigenvalue weighted by Crippen LogP contribution is -2.41. The molecule has 2 aromatic carbocycles. The molecule has 4 aromatic rings. The summed E-state index contributed by atoms with van der Waals surface area (Å²) in [6.45, 7) is 4.74. The number of nitrogens with zero attached hydrogens (tertiary/aromatic N) is 5. The predicted molar refractivity (Wildman–Crippen MR) is 125 cm³/mol. The van der Waals surface area contributed by atoms with E-state index in [2.05, 4.69) is 25.7 Å². The Morgan fingerprint density at radius 1 is 1.09 bits per heavy atom. The number of anilines is 2. The average molecular weight is 454 g/mol. The zero-order valence-corrected chi connectivity index (χ0v) is 18.2. The molecule has 1 aliphatic rings. The summed E-state index contributed by atoms with van der Waals surface area (Å²) in [5.74, 6) is 0.483. The molecular formula is C22H24ClN7O2. The third-order valence-corrected chi connectivity index (χ3v) is 5.34. The van der Waals surface area contributed by atoms with Gasteiger partial charge in [-0.25, -0.2) is 4.98 Å². The molecule has 0 spiro atoms. The maximum Gasteiger partial charge on any atom is 0.251 e. The first kappa shape index (κ1) is 21.9. The molecule has 0 aliphatic carbocycles. The van der Waals surface area contributed by atoms with Crippen molar-refractivity contribution in [2.75, 3.05) is 44.7 Å². The number of amides is 1. The van der Waals surface area contributed by atoms with Crippen LogP contribution in [0.3, 0.4) is 0 Å². The number of hydrogen-bond donors (Lipinski definition) is 2. The Balaban J connectivity index is 0.00000245. The van der Waals surface area contributed by atoms with E-state index in [0.29, 0.717) is 23.6 Å². The monoisotopic (exact) mass is 453 g/mol. The van der Waals surface area contributed by atoms with Crippen molar-refractivity contribution in [3.05, 3.63) is 60.4 Å². The minimum absolute atomic E-state index is 0. The fourth-order valence-electron chi connectivity index (χ4n) is 3.72. The summed E-state index contributed by atoms with van der Waals surface area (Å²) in [6.07, 6.45) is 1.67. The smallest absolute Gasteiger partial charge is 0.251 e.